The highest BCUT2D eigenvalue weighted by molar-refractivity contribution is 5.85. The highest BCUT2D eigenvalue weighted by atomic mass is 35.5. The van der Waals surface area contributed by atoms with Gasteiger partial charge in [0.1, 0.15) is 0 Å². The normalized spacial score (nSPS) is 13.3. The molecule has 0 aliphatic rings. The quantitative estimate of drug-likeness (QED) is 0.909. The average Bonchev–Trinajstić information content (AvgIpc) is 2.40. The van der Waals surface area contributed by atoms with Crippen molar-refractivity contribution >= 4 is 18.3 Å². The van der Waals surface area contributed by atoms with Gasteiger partial charge in [-0.2, -0.15) is 0 Å². The minimum Gasteiger partial charge on any atom is -0.340 e. The van der Waals surface area contributed by atoms with Crippen LogP contribution in [0.1, 0.15) is 25.8 Å². The SMILES string of the molecule is CCC(C)C(N)C(=O)N(C)Cc1ccc(F)c(F)c1.Cl. The van der Waals surface area contributed by atoms with Gasteiger partial charge in [0.25, 0.3) is 0 Å². The van der Waals surface area contributed by atoms with Crippen molar-refractivity contribution < 1.29 is 13.6 Å². The first-order chi connectivity index (χ1) is 8.86. The molecule has 1 aromatic carbocycles. The van der Waals surface area contributed by atoms with Crippen LogP contribution < -0.4 is 5.73 Å². The van der Waals surface area contributed by atoms with E-state index in [-0.39, 0.29) is 30.8 Å². The summed E-state index contributed by atoms with van der Waals surface area (Å²) < 4.78 is 25.9. The van der Waals surface area contributed by atoms with Crippen LogP contribution >= 0.6 is 12.4 Å². The minimum absolute atomic E-state index is 0. The summed E-state index contributed by atoms with van der Waals surface area (Å²) in [6.07, 6.45) is 0.811. The van der Waals surface area contributed by atoms with E-state index >= 15 is 0 Å². The van der Waals surface area contributed by atoms with E-state index in [2.05, 4.69) is 0 Å². The second-order valence-corrected chi connectivity index (χ2v) is 4.85. The van der Waals surface area contributed by atoms with E-state index in [0.29, 0.717) is 5.56 Å². The molecule has 0 aliphatic carbocycles. The molecule has 0 bridgehead atoms. The van der Waals surface area contributed by atoms with Gasteiger partial charge in [-0.1, -0.05) is 26.3 Å². The van der Waals surface area contributed by atoms with Crippen molar-refractivity contribution in [3.8, 4) is 0 Å². The number of halogens is 3. The Morgan fingerprint density at radius 2 is 1.95 bits per heavy atom. The Hall–Kier alpha value is -1.20. The van der Waals surface area contributed by atoms with Gasteiger partial charge in [0.2, 0.25) is 5.91 Å². The molecule has 114 valence electrons. The van der Waals surface area contributed by atoms with E-state index < -0.39 is 17.7 Å². The monoisotopic (exact) mass is 306 g/mol. The van der Waals surface area contributed by atoms with Crippen molar-refractivity contribution in [1.29, 1.82) is 0 Å². The Morgan fingerprint density at radius 3 is 2.45 bits per heavy atom. The zero-order valence-corrected chi connectivity index (χ0v) is 12.7. The Kier molecular flexibility index (Phi) is 7.68. The van der Waals surface area contributed by atoms with Crippen LogP contribution in [-0.2, 0) is 11.3 Å². The molecule has 6 heteroatoms. The van der Waals surface area contributed by atoms with E-state index in [1.807, 2.05) is 13.8 Å². The number of hydrogen-bond acceptors (Lipinski definition) is 2. The van der Waals surface area contributed by atoms with Crippen LogP contribution in [0.2, 0.25) is 0 Å². The number of amides is 1. The lowest BCUT2D eigenvalue weighted by molar-refractivity contribution is -0.132. The molecule has 3 nitrogen and oxygen atoms in total. The van der Waals surface area contributed by atoms with Crippen LogP contribution in [0, 0.1) is 17.6 Å². The molecule has 2 unspecified atom stereocenters. The van der Waals surface area contributed by atoms with E-state index in [1.165, 1.54) is 11.0 Å². The number of likely N-dealkylation sites (N-methyl/N-ethyl adjacent to an activating group) is 1. The minimum atomic E-state index is -0.912. The smallest absolute Gasteiger partial charge is 0.239 e. The Morgan fingerprint density at radius 1 is 1.35 bits per heavy atom. The number of carbonyl (C=O) groups is 1. The maximum Gasteiger partial charge on any atom is 0.239 e. The van der Waals surface area contributed by atoms with Crippen molar-refractivity contribution in [2.24, 2.45) is 11.7 Å². The van der Waals surface area contributed by atoms with Crippen molar-refractivity contribution in [2.45, 2.75) is 32.9 Å². The fourth-order valence-corrected chi connectivity index (χ4v) is 1.74. The maximum absolute atomic E-state index is 13.1. The average molecular weight is 307 g/mol. The lowest BCUT2D eigenvalue weighted by atomic mass is 9.99. The van der Waals surface area contributed by atoms with E-state index in [1.54, 1.807) is 7.05 Å². The standard InChI is InChI=1S/C14H20F2N2O.ClH/c1-4-9(2)13(17)14(19)18(3)8-10-5-6-11(15)12(16)7-10;/h5-7,9,13H,4,8,17H2,1-3H3;1H. The van der Waals surface area contributed by atoms with Crippen LogP contribution in [-0.4, -0.2) is 23.9 Å². The number of rotatable bonds is 5. The summed E-state index contributed by atoms with van der Waals surface area (Å²) >= 11 is 0. The van der Waals surface area contributed by atoms with Crippen molar-refractivity contribution in [3.05, 3.63) is 35.4 Å². The third kappa shape index (κ3) is 4.72. The molecular weight excluding hydrogens is 286 g/mol. The first kappa shape index (κ1) is 18.8. The summed E-state index contributed by atoms with van der Waals surface area (Å²) in [5, 5.41) is 0. The zero-order valence-electron chi connectivity index (χ0n) is 11.9. The molecule has 0 saturated carbocycles. The fourth-order valence-electron chi connectivity index (χ4n) is 1.74. The van der Waals surface area contributed by atoms with Crippen molar-refractivity contribution in [2.75, 3.05) is 7.05 Å². The van der Waals surface area contributed by atoms with Gasteiger partial charge in [-0.25, -0.2) is 8.78 Å². The second-order valence-electron chi connectivity index (χ2n) is 4.85. The molecule has 2 N–H and O–H groups in total. The molecule has 0 aliphatic heterocycles. The number of benzene rings is 1. The highest BCUT2D eigenvalue weighted by Crippen LogP contribution is 2.13. The zero-order chi connectivity index (χ0) is 14.6. The van der Waals surface area contributed by atoms with Gasteiger partial charge in [-0.3, -0.25) is 4.79 Å². The van der Waals surface area contributed by atoms with Gasteiger partial charge in [0, 0.05) is 13.6 Å². The number of hydrogen-bond donors (Lipinski definition) is 1. The summed E-state index contributed by atoms with van der Waals surface area (Å²) in [5.41, 5.74) is 6.39. The Labute approximate surface area is 124 Å². The molecule has 0 heterocycles. The first-order valence-corrected chi connectivity index (χ1v) is 6.31. The molecule has 0 radical (unpaired) electrons. The van der Waals surface area contributed by atoms with Crippen molar-refractivity contribution in [1.82, 2.24) is 4.90 Å². The summed E-state index contributed by atoms with van der Waals surface area (Å²) in [7, 11) is 1.60. The van der Waals surface area contributed by atoms with Gasteiger partial charge in [-0.15, -0.1) is 12.4 Å². The molecular formula is C14H21ClF2N2O. The van der Waals surface area contributed by atoms with Gasteiger partial charge in [0.05, 0.1) is 6.04 Å². The summed E-state index contributed by atoms with van der Waals surface area (Å²) in [6, 6.07) is 3.03. The molecule has 0 fully saturated rings. The second kappa shape index (κ2) is 8.17. The summed E-state index contributed by atoms with van der Waals surface area (Å²) in [5.74, 6) is -1.92. The van der Waals surface area contributed by atoms with Gasteiger partial charge in [0.15, 0.2) is 11.6 Å². The Bertz CT molecular complexity index is 457. The Balaban J connectivity index is 0.00000361. The maximum atomic E-state index is 13.1. The van der Waals surface area contributed by atoms with Gasteiger partial charge in [-0.05, 0) is 23.6 Å². The molecule has 1 rings (SSSR count). The van der Waals surface area contributed by atoms with Gasteiger partial charge < -0.3 is 10.6 Å². The highest BCUT2D eigenvalue weighted by Gasteiger charge is 2.22. The van der Waals surface area contributed by atoms with Crippen LogP contribution in [0.5, 0.6) is 0 Å². The molecule has 0 aromatic heterocycles. The summed E-state index contributed by atoms with van der Waals surface area (Å²) in [4.78, 5) is 13.5. The van der Waals surface area contributed by atoms with Crippen molar-refractivity contribution in [3.63, 3.8) is 0 Å². The predicted molar refractivity (Wildman–Crippen MR) is 77.5 cm³/mol. The van der Waals surface area contributed by atoms with E-state index in [9.17, 15) is 13.6 Å². The van der Waals surface area contributed by atoms with Crippen LogP contribution in [0.25, 0.3) is 0 Å². The lowest BCUT2D eigenvalue weighted by Gasteiger charge is -2.24. The van der Waals surface area contributed by atoms with Crippen LogP contribution in [0.4, 0.5) is 8.78 Å². The van der Waals surface area contributed by atoms with Crippen LogP contribution in [0.3, 0.4) is 0 Å². The topological polar surface area (TPSA) is 46.3 Å². The number of carbonyl (C=O) groups excluding carboxylic acids is 1. The molecule has 20 heavy (non-hydrogen) atoms. The number of nitrogens with zero attached hydrogens (tertiary/aromatic N) is 1. The van der Waals surface area contributed by atoms with Gasteiger partial charge >= 0.3 is 0 Å². The first-order valence-electron chi connectivity index (χ1n) is 6.31. The largest absolute Gasteiger partial charge is 0.340 e. The van der Waals surface area contributed by atoms with Crippen LogP contribution in [0.15, 0.2) is 18.2 Å². The molecule has 0 spiro atoms. The third-order valence-corrected chi connectivity index (χ3v) is 3.32. The lowest BCUT2D eigenvalue weighted by Crippen LogP contribution is -2.45. The molecule has 1 aromatic rings. The molecule has 1 amide bonds. The fraction of sp³-hybridized carbons (Fsp3) is 0.500. The number of nitrogens with two attached hydrogens (primary N) is 1. The predicted octanol–water partition coefficient (Wildman–Crippen LogP) is 2.72. The third-order valence-electron chi connectivity index (χ3n) is 3.32. The summed E-state index contributed by atoms with van der Waals surface area (Å²) in [6.45, 7) is 4.08. The van der Waals surface area contributed by atoms with E-state index in [0.717, 1.165) is 18.6 Å². The van der Waals surface area contributed by atoms with E-state index in [4.69, 9.17) is 5.73 Å². The molecule has 2 atom stereocenters. The molecule has 0 saturated heterocycles.